The highest BCUT2D eigenvalue weighted by Gasteiger charge is 2.32. The number of benzene rings is 2. The van der Waals surface area contributed by atoms with Crippen molar-refractivity contribution in [2.75, 3.05) is 13.1 Å². The van der Waals surface area contributed by atoms with Crippen molar-refractivity contribution < 1.29 is 9.18 Å². The smallest absolute Gasteiger partial charge is 0.252 e. The molecule has 0 radical (unpaired) electrons. The Morgan fingerprint density at radius 2 is 1.72 bits per heavy atom. The highest BCUT2D eigenvalue weighted by Crippen LogP contribution is 2.30. The van der Waals surface area contributed by atoms with Crippen molar-refractivity contribution in [1.82, 2.24) is 15.2 Å². The van der Waals surface area contributed by atoms with Gasteiger partial charge < -0.3 is 10.2 Å². The van der Waals surface area contributed by atoms with E-state index in [4.69, 9.17) is 4.98 Å². The minimum absolute atomic E-state index is 0.0585. The molecule has 2 fully saturated rings. The lowest BCUT2D eigenvalue weighted by atomic mass is 10.0. The third kappa shape index (κ3) is 3.87. The Morgan fingerprint density at radius 1 is 1.00 bits per heavy atom. The first kappa shape index (κ1) is 18.3. The number of amides is 1. The Kier molecular flexibility index (Phi) is 4.76. The Bertz CT molecular complexity index is 1040. The summed E-state index contributed by atoms with van der Waals surface area (Å²) in [5, 5.41) is 4.08. The fourth-order valence-corrected chi connectivity index (χ4v) is 4.24. The van der Waals surface area contributed by atoms with Gasteiger partial charge in [-0.2, -0.15) is 0 Å². The molecule has 1 saturated heterocycles. The molecule has 5 rings (SSSR count). The highest BCUT2D eigenvalue weighted by atomic mass is 19.1. The number of nitrogens with zero attached hydrogens (tertiary/aromatic N) is 2. The predicted molar refractivity (Wildman–Crippen MR) is 112 cm³/mol. The third-order valence-corrected chi connectivity index (χ3v) is 6.03. The van der Waals surface area contributed by atoms with Crippen molar-refractivity contribution >= 4 is 16.8 Å². The lowest BCUT2D eigenvalue weighted by Gasteiger charge is -2.32. The first-order valence-electron chi connectivity index (χ1n) is 10.4. The summed E-state index contributed by atoms with van der Waals surface area (Å²) >= 11 is 0. The van der Waals surface area contributed by atoms with Gasteiger partial charge in [0.1, 0.15) is 5.82 Å². The number of likely N-dealkylation sites (tertiary alicyclic amines) is 1. The van der Waals surface area contributed by atoms with E-state index in [-0.39, 0.29) is 17.8 Å². The molecule has 0 bridgehead atoms. The SMILES string of the molecule is O=C(NC1CCN(C2CC2)CC1)c1cc(-c2ccc(F)cc2)nc2ccccc12. The average molecular weight is 389 g/mol. The second-order valence-electron chi connectivity index (χ2n) is 8.09. The number of carbonyl (C=O) groups is 1. The molecule has 1 saturated carbocycles. The number of pyridine rings is 1. The molecule has 1 N–H and O–H groups in total. The van der Waals surface area contributed by atoms with E-state index in [1.54, 1.807) is 12.1 Å². The molecule has 1 aliphatic heterocycles. The van der Waals surface area contributed by atoms with Gasteiger partial charge in [-0.25, -0.2) is 9.37 Å². The van der Waals surface area contributed by atoms with Gasteiger partial charge in [0.15, 0.2) is 0 Å². The molecule has 2 aliphatic rings. The number of fused-ring (bicyclic) bond motifs is 1. The first-order chi connectivity index (χ1) is 14.2. The van der Waals surface area contributed by atoms with Crippen molar-refractivity contribution in [1.29, 1.82) is 0 Å². The maximum absolute atomic E-state index is 13.3. The molecule has 1 aliphatic carbocycles. The third-order valence-electron chi connectivity index (χ3n) is 6.03. The van der Waals surface area contributed by atoms with E-state index in [1.165, 1.54) is 25.0 Å². The van der Waals surface area contributed by atoms with Gasteiger partial charge in [-0.15, -0.1) is 0 Å². The molecular weight excluding hydrogens is 365 g/mol. The van der Waals surface area contributed by atoms with Crippen LogP contribution in [-0.4, -0.2) is 41.0 Å². The normalized spacial score (nSPS) is 18.1. The van der Waals surface area contributed by atoms with E-state index in [0.717, 1.165) is 48.4 Å². The average Bonchev–Trinajstić information content (AvgIpc) is 3.59. The molecule has 1 aromatic heterocycles. The minimum atomic E-state index is -0.287. The van der Waals surface area contributed by atoms with Gasteiger partial charge in [-0.1, -0.05) is 18.2 Å². The number of hydrogen-bond acceptors (Lipinski definition) is 3. The standard InChI is InChI=1S/C24H24FN3O/c25-17-7-5-16(6-8-17)23-15-21(20-3-1-2-4-22(20)27-23)24(29)26-18-11-13-28(14-12-18)19-9-10-19/h1-8,15,18-19H,9-14H2,(H,26,29). The lowest BCUT2D eigenvalue weighted by molar-refractivity contribution is 0.0910. The van der Waals surface area contributed by atoms with Crippen LogP contribution in [0.2, 0.25) is 0 Å². The number of piperidine rings is 1. The summed E-state index contributed by atoms with van der Waals surface area (Å²) in [7, 11) is 0. The number of rotatable bonds is 4. The zero-order valence-electron chi connectivity index (χ0n) is 16.3. The Balaban J connectivity index is 1.42. The van der Waals surface area contributed by atoms with Crippen LogP contribution in [0.15, 0.2) is 54.6 Å². The van der Waals surface area contributed by atoms with Crippen LogP contribution in [0, 0.1) is 5.82 Å². The molecule has 0 spiro atoms. The number of hydrogen-bond donors (Lipinski definition) is 1. The molecule has 2 aromatic carbocycles. The topological polar surface area (TPSA) is 45.2 Å². The van der Waals surface area contributed by atoms with Crippen molar-refractivity contribution in [3.63, 3.8) is 0 Å². The summed E-state index contributed by atoms with van der Waals surface area (Å²) in [4.78, 5) is 20.4. The fourth-order valence-electron chi connectivity index (χ4n) is 4.24. The number of carbonyl (C=O) groups excluding carboxylic acids is 1. The van der Waals surface area contributed by atoms with Crippen LogP contribution in [0.3, 0.4) is 0 Å². The van der Waals surface area contributed by atoms with Crippen molar-refractivity contribution in [2.45, 2.75) is 37.8 Å². The van der Waals surface area contributed by atoms with E-state index in [2.05, 4.69) is 10.2 Å². The van der Waals surface area contributed by atoms with Gasteiger partial charge in [0.2, 0.25) is 0 Å². The molecule has 29 heavy (non-hydrogen) atoms. The van der Waals surface area contributed by atoms with Crippen molar-refractivity contribution in [3.05, 3.63) is 66.0 Å². The van der Waals surface area contributed by atoms with Crippen LogP contribution < -0.4 is 5.32 Å². The van der Waals surface area contributed by atoms with Gasteiger partial charge in [0.05, 0.1) is 16.8 Å². The van der Waals surface area contributed by atoms with Crippen LogP contribution >= 0.6 is 0 Å². The number of aromatic nitrogens is 1. The van der Waals surface area contributed by atoms with Gasteiger partial charge in [0.25, 0.3) is 5.91 Å². The molecule has 4 nitrogen and oxygen atoms in total. The van der Waals surface area contributed by atoms with Gasteiger partial charge >= 0.3 is 0 Å². The summed E-state index contributed by atoms with van der Waals surface area (Å²) in [5.74, 6) is -0.345. The number of para-hydroxylation sites is 1. The summed E-state index contributed by atoms with van der Waals surface area (Å²) in [6.45, 7) is 2.13. The number of nitrogens with one attached hydrogen (secondary N) is 1. The summed E-state index contributed by atoms with van der Waals surface area (Å²) in [5.41, 5.74) is 2.86. The zero-order valence-corrected chi connectivity index (χ0v) is 16.3. The largest absolute Gasteiger partial charge is 0.349 e. The van der Waals surface area contributed by atoms with E-state index in [9.17, 15) is 9.18 Å². The second-order valence-corrected chi connectivity index (χ2v) is 8.09. The Morgan fingerprint density at radius 3 is 2.45 bits per heavy atom. The molecule has 0 atom stereocenters. The quantitative estimate of drug-likeness (QED) is 0.719. The van der Waals surface area contributed by atoms with Crippen LogP contribution in [0.5, 0.6) is 0 Å². The molecule has 5 heteroatoms. The maximum Gasteiger partial charge on any atom is 0.252 e. The summed E-state index contributed by atoms with van der Waals surface area (Å²) in [6, 6.07) is 16.7. The van der Waals surface area contributed by atoms with E-state index in [1.807, 2.05) is 30.3 Å². The van der Waals surface area contributed by atoms with Crippen molar-refractivity contribution in [3.8, 4) is 11.3 Å². The van der Waals surface area contributed by atoms with Crippen molar-refractivity contribution in [2.24, 2.45) is 0 Å². The predicted octanol–water partition coefficient (Wildman–Crippen LogP) is 4.40. The maximum atomic E-state index is 13.3. The zero-order chi connectivity index (χ0) is 19.8. The Hall–Kier alpha value is -2.79. The molecule has 148 valence electrons. The monoisotopic (exact) mass is 389 g/mol. The van der Waals surface area contributed by atoms with Gasteiger partial charge in [-0.3, -0.25) is 4.79 Å². The fraction of sp³-hybridized carbons (Fsp3) is 0.333. The first-order valence-corrected chi connectivity index (χ1v) is 10.4. The Labute approximate surface area is 169 Å². The summed E-state index contributed by atoms with van der Waals surface area (Å²) < 4.78 is 13.3. The minimum Gasteiger partial charge on any atom is -0.349 e. The molecule has 0 unspecified atom stereocenters. The van der Waals surface area contributed by atoms with Gasteiger partial charge in [0, 0.05) is 36.1 Å². The highest BCUT2D eigenvalue weighted by molar-refractivity contribution is 6.07. The lowest BCUT2D eigenvalue weighted by Crippen LogP contribution is -2.45. The van der Waals surface area contributed by atoms with Gasteiger partial charge in [-0.05, 0) is 62.1 Å². The van der Waals surface area contributed by atoms with E-state index in [0.29, 0.717) is 11.3 Å². The number of halogens is 1. The van der Waals surface area contributed by atoms with E-state index >= 15 is 0 Å². The molecular formula is C24H24FN3O. The van der Waals surface area contributed by atoms with Crippen LogP contribution in [-0.2, 0) is 0 Å². The van der Waals surface area contributed by atoms with E-state index < -0.39 is 0 Å². The molecule has 2 heterocycles. The van der Waals surface area contributed by atoms with Crippen LogP contribution in [0.1, 0.15) is 36.0 Å². The van der Waals surface area contributed by atoms with Crippen LogP contribution in [0.4, 0.5) is 4.39 Å². The molecule has 3 aromatic rings. The molecule has 1 amide bonds. The van der Waals surface area contributed by atoms with Crippen LogP contribution in [0.25, 0.3) is 22.2 Å². The second kappa shape index (κ2) is 7.56. The summed E-state index contributed by atoms with van der Waals surface area (Å²) in [6.07, 6.45) is 4.64.